The van der Waals surface area contributed by atoms with Gasteiger partial charge in [-0.3, -0.25) is 4.98 Å². The van der Waals surface area contributed by atoms with Crippen LogP contribution >= 0.6 is 23.2 Å². The number of hydrogen-bond acceptors (Lipinski definition) is 2. The standard InChI is InChI=1S/C9H5Cl2NO/c10-6-1-5-2-7(13)4-12-9(5)8(11)3-6/h1-4,13H. The molecule has 1 heterocycles. The number of nitrogens with zero attached hydrogens (tertiary/aromatic N) is 1. The normalized spacial score (nSPS) is 10.6. The molecule has 0 spiro atoms. The fourth-order valence-corrected chi connectivity index (χ4v) is 1.72. The number of pyridine rings is 1. The Morgan fingerprint density at radius 1 is 1.15 bits per heavy atom. The number of aromatic hydroxyl groups is 1. The largest absolute Gasteiger partial charge is 0.506 e. The summed E-state index contributed by atoms with van der Waals surface area (Å²) in [6.45, 7) is 0. The predicted octanol–water partition coefficient (Wildman–Crippen LogP) is 3.25. The van der Waals surface area contributed by atoms with Crippen LogP contribution in [-0.4, -0.2) is 10.1 Å². The Morgan fingerprint density at radius 3 is 2.69 bits per heavy atom. The topological polar surface area (TPSA) is 33.1 Å². The molecule has 0 bridgehead atoms. The average molecular weight is 214 g/mol. The van der Waals surface area contributed by atoms with Crippen molar-refractivity contribution in [2.75, 3.05) is 0 Å². The van der Waals surface area contributed by atoms with E-state index in [0.29, 0.717) is 15.6 Å². The van der Waals surface area contributed by atoms with Gasteiger partial charge in [-0.2, -0.15) is 0 Å². The summed E-state index contributed by atoms with van der Waals surface area (Å²) in [5.41, 5.74) is 0.642. The van der Waals surface area contributed by atoms with Crippen LogP contribution in [-0.2, 0) is 0 Å². The van der Waals surface area contributed by atoms with Crippen molar-refractivity contribution in [3.8, 4) is 5.75 Å². The number of benzene rings is 1. The smallest absolute Gasteiger partial charge is 0.134 e. The highest BCUT2D eigenvalue weighted by Gasteiger charge is 2.02. The summed E-state index contributed by atoms with van der Waals surface area (Å²) in [6, 6.07) is 4.89. The van der Waals surface area contributed by atoms with Crippen LogP contribution in [0.5, 0.6) is 5.75 Å². The molecule has 1 aromatic carbocycles. The highest BCUT2D eigenvalue weighted by molar-refractivity contribution is 6.38. The van der Waals surface area contributed by atoms with Gasteiger partial charge in [-0.15, -0.1) is 0 Å². The minimum atomic E-state index is 0.103. The first kappa shape index (κ1) is 8.60. The number of fused-ring (bicyclic) bond motifs is 1. The molecular weight excluding hydrogens is 209 g/mol. The monoisotopic (exact) mass is 213 g/mol. The van der Waals surface area contributed by atoms with Crippen LogP contribution < -0.4 is 0 Å². The Hall–Kier alpha value is -0.990. The Kier molecular flexibility index (Phi) is 2.02. The number of hydrogen-bond donors (Lipinski definition) is 1. The Labute approximate surface area is 84.7 Å². The van der Waals surface area contributed by atoms with Gasteiger partial charge in [-0.25, -0.2) is 0 Å². The molecule has 0 aliphatic carbocycles. The summed E-state index contributed by atoms with van der Waals surface area (Å²) in [4.78, 5) is 3.98. The molecule has 0 aliphatic rings. The fourth-order valence-electron chi connectivity index (χ4n) is 1.16. The lowest BCUT2D eigenvalue weighted by Gasteiger charge is -2.00. The van der Waals surface area contributed by atoms with Crippen LogP contribution in [0, 0.1) is 0 Å². The quantitative estimate of drug-likeness (QED) is 0.730. The zero-order chi connectivity index (χ0) is 9.42. The van der Waals surface area contributed by atoms with Crippen molar-refractivity contribution < 1.29 is 5.11 Å². The van der Waals surface area contributed by atoms with E-state index < -0.39 is 0 Å². The second-order valence-electron chi connectivity index (χ2n) is 2.65. The van der Waals surface area contributed by atoms with E-state index in [1.54, 1.807) is 18.2 Å². The molecule has 13 heavy (non-hydrogen) atoms. The summed E-state index contributed by atoms with van der Waals surface area (Å²) in [5.74, 6) is 0.103. The van der Waals surface area contributed by atoms with Crippen molar-refractivity contribution >= 4 is 34.1 Å². The fraction of sp³-hybridized carbons (Fsp3) is 0. The lowest BCUT2D eigenvalue weighted by atomic mass is 10.2. The van der Waals surface area contributed by atoms with Gasteiger partial charge >= 0.3 is 0 Å². The number of aromatic nitrogens is 1. The minimum Gasteiger partial charge on any atom is -0.506 e. The highest BCUT2D eigenvalue weighted by atomic mass is 35.5. The third-order valence-electron chi connectivity index (χ3n) is 1.69. The van der Waals surface area contributed by atoms with Gasteiger partial charge in [-0.05, 0) is 18.2 Å². The highest BCUT2D eigenvalue weighted by Crippen LogP contribution is 2.27. The lowest BCUT2D eigenvalue weighted by Crippen LogP contribution is -1.79. The average Bonchev–Trinajstić information content (AvgIpc) is 2.02. The van der Waals surface area contributed by atoms with Crippen LogP contribution in [0.4, 0.5) is 0 Å². The van der Waals surface area contributed by atoms with E-state index in [1.165, 1.54) is 6.20 Å². The summed E-state index contributed by atoms with van der Waals surface area (Å²) >= 11 is 11.7. The molecule has 1 N–H and O–H groups in total. The number of rotatable bonds is 0. The zero-order valence-corrected chi connectivity index (χ0v) is 7.97. The Bertz CT molecular complexity index is 465. The SMILES string of the molecule is Oc1cnc2c(Cl)cc(Cl)cc2c1. The summed E-state index contributed by atoms with van der Waals surface area (Å²) in [6.07, 6.45) is 1.35. The first-order valence-corrected chi connectivity index (χ1v) is 4.36. The lowest BCUT2D eigenvalue weighted by molar-refractivity contribution is 0.474. The van der Waals surface area contributed by atoms with Crippen molar-refractivity contribution in [2.24, 2.45) is 0 Å². The van der Waals surface area contributed by atoms with Gasteiger partial charge in [0, 0.05) is 10.4 Å². The molecule has 1 aromatic heterocycles. The van der Waals surface area contributed by atoms with Gasteiger partial charge in [0.2, 0.25) is 0 Å². The maximum atomic E-state index is 9.16. The molecule has 0 atom stereocenters. The summed E-state index contributed by atoms with van der Waals surface area (Å²) in [5, 5.41) is 10.9. The third kappa shape index (κ3) is 1.55. The summed E-state index contributed by atoms with van der Waals surface area (Å²) in [7, 11) is 0. The second-order valence-corrected chi connectivity index (χ2v) is 3.50. The van der Waals surface area contributed by atoms with Gasteiger partial charge in [0.25, 0.3) is 0 Å². The minimum absolute atomic E-state index is 0.103. The third-order valence-corrected chi connectivity index (χ3v) is 2.19. The first-order valence-electron chi connectivity index (χ1n) is 3.60. The van der Waals surface area contributed by atoms with Gasteiger partial charge in [0.15, 0.2) is 0 Å². The molecule has 0 saturated carbocycles. The number of halogens is 2. The molecule has 66 valence electrons. The molecule has 0 aliphatic heterocycles. The van der Waals surface area contributed by atoms with E-state index in [0.717, 1.165) is 5.39 Å². The van der Waals surface area contributed by atoms with Crippen molar-refractivity contribution in [2.45, 2.75) is 0 Å². The second kappa shape index (κ2) is 3.05. The molecule has 4 heteroatoms. The van der Waals surface area contributed by atoms with Crippen LogP contribution in [0.25, 0.3) is 10.9 Å². The van der Waals surface area contributed by atoms with Crippen LogP contribution in [0.2, 0.25) is 10.0 Å². The maximum Gasteiger partial charge on any atom is 0.134 e. The van der Waals surface area contributed by atoms with Gasteiger partial charge < -0.3 is 5.11 Å². The molecule has 2 aromatic rings. The van der Waals surface area contributed by atoms with Gasteiger partial charge in [0.05, 0.1) is 16.7 Å². The van der Waals surface area contributed by atoms with Crippen LogP contribution in [0.3, 0.4) is 0 Å². The first-order chi connectivity index (χ1) is 6.16. The molecule has 0 radical (unpaired) electrons. The summed E-state index contributed by atoms with van der Waals surface area (Å²) < 4.78 is 0. The van der Waals surface area contributed by atoms with E-state index in [1.807, 2.05) is 0 Å². The van der Waals surface area contributed by atoms with Crippen LogP contribution in [0.1, 0.15) is 0 Å². The Balaban J connectivity index is 2.86. The molecule has 0 fully saturated rings. The van der Waals surface area contributed by atoms with Gasteiger partial charge in [-0.1, -0.05) is 23.2 Å². The predicted molar refractivity (Wildman–Crippen MR) is 53.4 cm³/mol. The van der Waals surface area contributed by atoms with Crippen molar-refractivity contribution in [3.05, 3.63) is 34.4 Å². The molecule has 2 nitrogen and oxygen atoms in total. The van der Waals surface area contributed by atoms with Crippen molar-refractivity contribution in [1.82, 2.24) is 4.98 Å². The van der Waals surface area contributed by atoms with E-state index in [2.05, 4.69) is 4.98 Å². The van der Waals surface area contributed by atoms with Crippen molar-refractivity contribution in [3.63, 3.8) is 0 Å². The van der Waals surface area contributed by atoms with E-state index >= 15 is 0 Å². The maximum absolute atomic E-state index is 9.16. The molecule has 2 rings (SSSR count). The van der Waals surface area contributed by atoms with Crippen molar-refractivity contribution in [1.29, 1.82) is 0 Å². The molecule has 0 amide bonds. The molecule has 0 unspecified atom stereocenters. The van der Waals surface area contributed by atoms with Crippen LogP contribution in [0.15, 0.2) is 24.4 Å². The van der Waals surface area contributed by atoms with Gasteiger partial charge in [0.1, 0.15) is 5.75 Å². The molecular formula is C9H5Cl2NO. The van der Waals surface area contributed by atoms with E-state index in [-0.39, 0.29) is 5.75 Å². The van der Waals surface area contributed by atoms with E-state index in [4.69, 9.17) is 28.3 Å². The zero-order valence-electron chi connectivity index (χ0n) is 6.46. The molecule has 0 saturated heterocycles. The Morgan fingerprint density at radius 2 is 1.92 bits per heavy atom. The van der Waals surface area contributed by atoms with E-state index in [9.17, 15) is 0 Å².